The van der Waals surface area contributed by atoms with Crippen molar-refractivity contribution in [3.63, 3.8) is 0 Å². The van der Waals surface area contributed by atoms with Crippen LogP contribution in [0.3, 0.4) is 0 Å². The van der Waals surface area contributed by atoms with Gasteiger partial charge in [0.1, 0.15) is 0 Å². The fraction of sp³-hybridized carbons (Fsp3) is 0.571. The lowest BCUT2D eigenvalue weighted by Crippen LogP contribution is -2.20. The second kappa shape index (κ2) is 4.88. The zero-order valence-corrected chi connectivity index (χ0v) is 10.3. The van der Waals surface area contributed by atoms with Crippen LogP contribution in [0.4, 0.5) is 5.69 Å². The first-order valence-corrected chi connectivity index (χ1v) is 6.19. The molecular weight excluding hydrogens is 196 g/mol. The second-order valence-corrected chi connectivity index (χ2v) is 5.13. The number of hydrogen-bond donors (Lipinski definition) is 1. The first-order chi connectivity index (χ1) is 7.66. The molecular formula is C14H22N2. The van der Waals surface area contributed by atoms with Crippen LogP contribution in [0.25, 0.3) is 0 Å². The van der Waals surface area contributed by atoms with Crippen LogP contribution in [0.1, 0.15) is 37.3 Å². The summed E-state index contributed by atoms with van der Waals surface area (Å²) in [6.45, 7) is 0. The van der Waals surface area contributed by atoms with Gasteiger partial charge in [0.25, 0.3) is 0 Å². The highest BCUT2D eigenvalue weighted by atomic mass is 15.1. The number of nitrogens with zero attached hydrogens (tertiary/aromatic N) is 1. The summed E-state index contributed by atoms with van der Waals surface area (Å²) < 4.78 is 0. The fourth-order valence-corrected chi connectivity index (χ4v) is 2.26. The van der Waals surface area contributed by atoms with Gasteiger partial charge in [-0.25, -0.2) is 0 Å². The van der Waals surface area contributed by atoms with Crippen molar-refractivity contribution in [3.05, 3.63) is 29.8 Å². The highest BCUT2D eigenvalue weighted by Gasteiger charge is 2.21. The minimum atomic E-state index is 0.213. The van der Waals surface area contributed by atoms with Crippen LogP contribution in [0, 0.1) is 5.92 Å². The van der Waals surface area contributed by atoms with Crippen molar-refractivity contribution in [2.45, 2.75) is 31.7 Å². The molecule has 0 amide bonds. The van der Waals surface area contributed by atoms with Crippen LogP contribution in [0.15, 0.2) is 24.3 Å². The SMILES string of the molecule is CN(C)c1cccc(C(N)CC2CCC2)c1. The Balaban J connectivity index is 2.03. The Bertz CT molecular complexity index is 342. The molecule has 1 atom stereocenters. The maximum Gasteiger partial charge on any atom is 0.0364 e. The van der Waals surface area contributed by atoms with Gasteiger partial charge in [-0.2, -0.15) is 0 Å². The largest absolute Gasteiger partial charge is 0.378 e. The minimum absolute atomic E-state index is 0.213. The van der Waals surface area contributed by atoms with Crippen molar-refractivity contribution >= 4 is 5.69 Å². The lowest BCUT2D eigenvalue weighted by Gasteiger charge is -2.28. The van der Waals surface area contributed by atoms with Crippen LogP contribution in [0.2, 0.25) is 0 Å². The predicted octanol–water partition coefficient (Wildman–Crippen LogP) is 2.94. The van der Waals surface area contributed by atoms with E-state index in [1.807, 2.05) is 0 Å². The van der Waals surface area contributed by atoms with Crippen molar-refractivity contribution in [3.8, 4) is 0 Å². The number of anilines is 1. The second-order valence-electron chi connectivity index (χ2n) is 5.13. The minimum Gasteiger partial charge on any atom is -0.378 e. The van der Waals surface area contributed by atoms with Crippen LogP contribution < -0.4 is 10.6 Å². The molecule has 1 aliphatic rings. The van der Waals surface area contributed by atoms with Crippen LogP contribution >= 0.6 is 0 Å². The van der Waals surface area contributed by atoms with E-state index in [1.165, 1.54) is 30.5 Å². The number of nitrogens with two attached hydrogens (primary N) is 1. The van der Waals surface area contributed by atoms with Crippen LogP contribution in [-0.4, -0.2) is 14.1 Å². The number of benzene rings is 1. The third-order valence-electron chi connectivity index (χ3n) is 3.63. The summed E-state index contributed by atoms with van der Waals surface area (Å²) in [5, 5.41) is 0. The molecule has 2 N–H and O–H groups in total. The molecule has 0 saturated heterocycles. The Hall–Kier alpha value is -1.02. The molecule has 2 rings (SSSR count). The van der Waals surface area contributed by atoms with E-state index in [0.29, 0.717) is 0 Å². The Kier molecular flexibility index (Phi) is 3.49. The molecule has 1 aromatic carbocycles. The van der Waals surface area contributed by atoms with E-state index in [9.17, 15) is 0 Å². The molecule has 1 unspecified atom stereocenters. The summed E-state index contributed by atoms with van der Waals surface area (Å²) in [6.07, 6.45) is 5.30. The quantitative estimate of drug-likeness (QED) is 0.842. The molecule has 16 heavy (non-hydrogen) atoms. The molecule has 0 heterocycles. The highest BCUT2D eigenvalue weighted by Crippen LogP contribution is 2.34. The van der Waals surface area contributed by atoms with Gasteiger partial charge >= 0.3 is 0 Å². The van der Waals surface area contributed by atoms with E-state index >= 15 is 0 Å². The van der Waals surface area contributed by atoms with E-state index in [4.69, 9.17) is 5.73 Å². The molecule has 88 valence electrons. The van der Waals surface area contributed by atoms with Gasteiger partial charge in [0, 0.05) is 25.8 Å². The normalized spacial score (nSPS) is 17.9. The van der Waals surface area contributed by atoms with E-state index < -0.39 is 0 Å². The Labute approximate surface area is 98.4 Å². The predicted molar refractivity (Wildman–Crippen MR) is 69.7 cm³/mol. The summed E-state index contributed by atoms with van der Waals surface area (Å²) in [5.41, 5.74) is 8.77. The third-order valence-corrected chi connectivity index (χ3v) is 3.63. The number of rotatable bonds is 4. The van der Waals surface area contributed by atoms with Gasteiger partial charge in [0.2, 0.25) is 0 Å². The molecule has 1 aliphatic carbocycles. The summed E-state index contributed by atoms with van der Waals surface area (Å²) in [7, 11) is 4.13. The Morgan fingerprint density at radius 3 is 2.69 bits per heavy atom. The van der Waals surface area contributed by atoms with Crippen molar-refractivity contribution in [1.29, 1.82) is 0 Å². The van der Waals surface area contributed by atoms with Crippen molar-refractivity contribution in [2.24, 2.45) is 11.7 Å². The summed E-state index contributed by atoms with van der Waals surface area (Å²) in [5.74, 6) is 0.873. The van der Waals surface area contributed by atoms with E-state index in [0.717, 1.165) is 12.3 Å². The molecule has 0 aliphatic heterocycles. The maximum atomic E-state index is 6.26. The summed E-state index contributed by atoms with van der Waals surface area (Å²) >= 11 is 0. The fourth-order valence-electron chi connectivity index (χ4n) is 2.26. The zero-order chi connectivity index (χ0) is 11.5. The Morgan fingerprint density at radius 1 is 1.38 bits per heavy atom. The highest BCUT2D eigenvalue weighted by molar-refractivity contribution is 5.47. The van der Waals surface area contributed by atoms with Gasteiger partial charge < -0.3 is 10.6 Å². The van der Waals surface area contributed by atoms with E-state index in [2.05, 4.69) is 43.3 Å². The van der Waals surface area contributed by atoms with Gasteiger partial charge in [-0.15, -0.1) is 0 Å². The van der Waals surface area contributed by atoms with Gasteiger partial charge in [0.05, 0.1) is 0 Å². The molecule has 0 spiro atoms. The molecule has 1 aromatic rings. The van der Waals surface area contributed by atoms with Gasteiger partial charge in [0.15, 0.2) is 0 Å². The first kappa shape index (κ1) is 11.5. The Morgan fingerprint density at radius 2 is 2.12 bits per heavy atom. The van der Waals surface area contributed by atoms with Crippen LogP contribution in [-0.2, 0) is 0 Å². The third kappa shape index (κ3) is 2.56. The van der Waals surface area contributed by atoms with Crippen molar-refractivity contribution in [2.75, 3.05) is 19.0 Å². The summed E-state index contributed by atoms with van der Waals surface area (Å²) in [4.78, 5) is 2.12. The average molecular weight is 218 g/mol. The van der Waals surface area contributed by atoms with E-state index in [1.54, 1.807) is 0 Å². The lowest BCUT2D eigenvalue weighted by molar-refractivity contribution is 0.277. The molecule has 2 heteroatoms. The van der Waals surface area contributed by atoms with Gasteiger partial charge in [-0.3, -0.25) is 0 Å². The standard InChI is InChI=1S/C14H22N2/c1-16(2)13-8-4-7-12(10-13)14(15)9-11-5-3-6-11/h4,7-8,10-11,14H,3,5-6,9,15H2,1-2H3. The zero-order valence-electron chi connectivity index (χ0n) is 10.3. The maximum absolute atomic E-state index is 6.26. The number of hydrogen-bond acceptors (Lipinski definition) is 2. The smallest absolute Gasteiger partial charge is 0.0364 e. The van der Waals surface area contributed by atoms with Crippen molar-refractivity contribution < 1.29 is 0 Å². The average Bonchev–Trinajstić information content (AvgIpc) is 2.23. The molecule has 1 fully saturated rings. The molecule has 1 saturated carbocycles. The van der Waals surface area contributed by atoms with E-state index in [-0.39, 0.29) is 6.04 Å². The molecule has 0 aromatic heterocycles. The lowest BCUT2D eigenvalue weighted by atomic mass is 9.80. The molecule has 2 nitrogen and oxygen atoms in total. The topological polar surface area (TPSA) is 29.3 Å². The monoisotopic (exact) mass is 218 g/mol. The molecule has 0 radical (unpaired) electrons. The summed E-state index contributed by atoms with van der Waals surface area (Å²) in [6, 6.07) is 8.80. The van der Waals surface area contributed by atoms with Gasteiger partial charge in [-0.05, 0) is 30.0 Å². The van der Waals surface area contributed by atoms with Crippen molar-refractivity contribution in [1.82, 2.24) is 0 Å². The molecule has 0 bridgehead atoms. The first-order valence-electron chi connectivity index (χ1n) is 6.19. The van der Waals surface area contributed by atoms with Gasteiger partial charge in [-0.1, -0.05) is 31.4 Å². The van der Waals surface area contributed by atoms with Crippen LogP contribution in [0.5, 0.6) is 0 Å².